The Morgan fingerprint density at radius 2 is 2.09 bits per heavy atom. The second kappa shape index (κ2) is 5.86. The number of hydrogen-bond acceptors (Lipinski definition) is 5. The molecule has 23 heavy (non-hydrogen) atoms. The van der Waals surface area contributed by atoms with Crippen molar-refractivity contribution in [2.24, 2.45) is 0 Å². The monoisotopic (exact) mass is 322 g/mol. The van der Waals surface area contributed by atoms with Crippen molar-refractivity contribution in [1.29, 1.82) is 0 Å². The first kappa shape index (κ1) is 16.7. The van der Waals surface area contributed by atoms with Crippen molar-refractivity contribution in [2.75, 3.05) is 13.7 Å². The molecule has 0 aromatic heterocycles. The van der Waals surface area contributed by atoms with Crippen LogP contribution in [0.2, 0.25) is 0 Å². The molecule has 1 heterocycles. The van der Waals surface area contributed by atoms with Gasteiger partial charge in [0.15, 0.2) is 0 Å². The summed E-state index contributed by atoms with van der Waals surface area (Å²) in [7, 11) is 1.36. The van der Waals surface area contributed by atoms with Gasteiger partial charge in [-0.1, -0.05) is 0 Å². The number of nitro benzene ring substituents is 1. The van der Waals surface area contributed by atoms with Gasteiger partial charge < -0.3 is 14.7 Å². The van der Waals surface area contributed by atoms with Gasteiger partial charge in [0.05, 0.1) is 23.2 Å². The molecule has 124 valence electrons. The summed E-state index contributed by atoms with van der Waals surface area (Å²) in [5, 5.41) is 20.6. The number of likely N-dealkylation sites (tertiary alicyclic amines) is 1. The Morgan fingerprint density at radius 1 is 1.43 bits per heavy atom. The van der Waals surface area contributed by atoms with Gasteiger partial charge in [-0.25, -0.2) is 4.79 Å². The van der Waals surface area contributed by atoms with E-state index in [0.717, 1.165) is 0 Å². The van der Waals surface area contributed by atoms with E-state index >= 15 is 0 Å². The largest absolute Gasteiger partial charge is 0.496 e. The van der Waals surface area contributed by atoms with E-state index in [-0.39, 0.29) is 17.0 Å². The fourth-order valence-electron chi connectivity index (χ4n) is 2.87. The van der Waals surface area contributed by atoms with E-state index in [1.165, 1.54) is 38.0 Å². The second-order valence-corrected chi connectivity index (χ2v) is 5.72. The maximum absolute atomic E-state index is 12.7. The van der Waals surface area contributed by atoms with Gasteiger partial charge in [0.1, 0.15) is 11.3 Å². The van der Waals surface area contributed by atoms with Crippen molar-refractivity contribution in [1.82, 2.24) is 4.90 Å². The summed E-state index contributed by atoms with van der Waals surface area (Å²) in [5.74, 6) is -1.41. The molecule has 1 fully saturated rings. The van der Waals surface area contributed by atoms with Crippen molar-refractivity contribution in [3.63, 3.8) is 0 Å². The van der Waals surface area contributed by atoms with Crippen molar-refractivity contribution in [3.05, 3.63) is 33.4 Å². The molecule has 1 aliphatic heterocycles. The fraction of sp³-hybridized carbons (Fsp3) is 0.467. The molecule has 0 spiro atoms. The van der Waals surface area contributed by atoms with Crippen molar-refractivity contribution < 1.29 is 24.4 Å². The lowest BCUT2D eigenvalue weighted by atomic mass is 9.98. The number of amides is 1. The molecule has 0 radical (unpaired) electrons. The van der Waals surface area contributed by atoms with Crippen molar-refractivity contribution >= 4 is 17.6 Å². The summed E-state index contributed by atoms with van der Waals surface area (Å²) in [6, 6.07) is 2.58. The van der Waals surface area contributed by atoms with Gasteiger partial charge in [-0.2, -0.15) is 0 Å². The second-order valence-electron chi connectivity index (χ2n) is 5.72. The number of methoxy groups -OCH3 is 1. The molecule has 1 aromatic carbocycles. The lowest BCUT2D eigenvalue weighted by Crippen LogP contribution is -2.50. The van der Waals surface area contributed by atoms with E-state index in [2.05, 4.69) is 0 Å². The lowest BCUT2D eigenvalue weighted by Gasteiger charge is -2.31. The number of ether oxygens (including phenoxy) is 1. The van der Waals surface area contributed by atoms with Crippen LogP contribution in [0.15, 0.2) is 12.1 Å². The Balaban J connectivity index is 2.49. The van der Waals surface area contributed by atoms with Gasteiger partial charge in [0, 0.05) is 12.6 Å². The molecule has 1 aromatic rings. The van der Waals surface area contributed by atoms with Gasteiger partial charge in [-0.15, -0.1) is 0 Å². The fourth-order valence-corrected chi connectivity index (χ4v) is 2.87. The molecule has 1 unspecified atom stereocenters. The molecule has 1 saturated heterocycles. The van der Waals surface area contributed by atoms with Crippen LogP contribution in [0.4, 0.5) is 5.69 Å². The van der Waals surface area contributed by atoms with E-state index in [4.69, 9.17) is 4.74 Å². The van der Waals surface area contributed by atoms with E-state index in [1.54, 1.807) is 0 Å². The molecular formula is C15H18N2O6. The normalized spacial score (nSPS) is 20.4. The molecule has 0 aliphatic carbocycles. The molecule has 0 bridgehead atoms. The Bertz CT molecular complexity index is 687. The number of aliphatic carboxylic acids is 1. The number of carbonyl (C=O) groups excluding carboxylic acids is 1. The summed E-state index contributed by atoms with van der Waals surface area (Å²) in [5.41, 5.74) is -1.17. The van der Waals surface area contributed by atoms with Crippen molar-refractivity contribution in [3.8, 4) is 5.75 Å². The number of nitrogens with zero attached hydrogens (tertiary/aromatic N) is 2. The van der Waals surface area contributed by atoms with Gasteiger partial charge in [-0.3, -0.25) is 14.9 Å². The van der Waals surface area contributed by atoms with Crippen LogP contribution in [0.3, 0.4) is 0 Å². The van der Waals surface area contributed by atoms with Gasteiger partial charge in [0.2, 0.25) is 0 Å². The number of hydrogen-bond donors (Lipinski definition) is 1. The Hall–Kier alpha value is -2.64. The average molecular weight is 322 g/mol. The zero-order valence-corrected chi connectivity index (χ0v) is 13.2. The maximum atomic E-state index is 12.7. The summed E-state index contributed by atoms with van der Waals surface area (Å²) < 4.78 is 5.10. The molecule has 1 aliphatic rings. The van der Waals surface area contributed by atoms with Crippen LogP contribution in [0.25, 0.3) is 0 Å². The van der Waals surface area contributed by atoms with Gasteiger partial charge in [-0.05, 0) is 32.8 Å². The Kier molecular flexibility index (Phi) is 4.26. The van der Waals surface area contributed by atoms with Crippen LogP contribution in [0.1, 0.15) is 35.7 Å². The summed E-state index contributed by atoms with van der Waals surface area (Å²) in [6.07, 6.45) is 0.915. The number of carboxylic acids is 1. The van der Waals surface area contributed by atoms with E-state index in [0.29, 0.717) is 24.9 Å². The van der Waals surface area contributed by atoms with Crippen LogP contribution in [0.5, 0.6) is 5.75 Å². The highest BCUT2D eigenvalue weighted by Gasteiger charge is 2.46. The third kappa shape index (κ3) is 2.71. The lowest BCUT2D eigenvalue weighted by molar-refractivity contribution is -0.385. The number of benzene rings is 1. The highest BCUT2D eigenvalue weighted by molar-refractivity contribution is 5.99. The predicted octanol–water partition coefficient (Wildman–Crippen LogP) is 1.99. The van der Waals surface area contributed by atoms with Gasteiger partial charge in [0.25, 0.3) is 11.6 Å². The minimum Gasteiger partial charge on any atom is -0.496 e. The third-order valence-electron chi connectivity index (χ3n) is 4.34. The molecule has 1 amide bonds. The molecular weight excluding hydrogens is 304 g/mol. The highest BCUT2D eigenvalue weighted by Crippen LogP contribution is 2.34. The summed E-state index contributed by atoms with van der Waals surface area (Å²) >= 11 is 0. The smallest absolute Gasteiger partial charge is 0.329 e. The maximum Gasteiger partial charge on any atom is 0.329 e. The van der Waals surface area contributed by atoms with E-state index in [1.807, 2.05) is 0 Å². The number of carbonyl (C=O) groups is 2. The van der Waals surface area contributed by atoms with Crippen LogP contribution >= 0.6 is 0 Å². The molecule has 2 rings (SSSR count). The summed E-state index contributed by atoms with van der Waals surface area (Å²) in [4.78, 5) is 36.0. The molecule has 1 N–H and O–H groups in total. The van der Waals surface area contributed by atoms with Crippen molar-refractivity contribution in [2.45, 2.75) is 32.2 Å². The number of nitro groups is 1. The minimum atomic E-state index is -1.30. The first-order valence-electron chi connectivity index (χ1n) is 7.10. The Labute approximate surface area is 132 Å². The molecule has 1 atom stereocenters. The average Bonchev–Trinajstić information content (AvgIpc) is 2.89. The van der Waals surface area contributed by atoms with E-state index in [9.17, 15) is 24.8 Å². The van der Waals surface area contributed by atoms with Crippen LogP contribution < -0.4 is 4.74 Å². The standard InChI is InChI=1S/C15H18N2O6/c1-9-11(17(21)22)7-10(8-12(9)23-3)13(18)16-6-4-5-15(16,2)14(19)20/h7-8H,4-6H2,1-3H3,(H,19,20). The quantitative estimate of drug-likeness (QED) is 0.670. The van der Waals surface area contributed by atoms with Gasteiger partial charge >= 0.3 is 5.97 Å². The van der Waals surface area contributed by atoms with Crippen LogP contribution in [-0.4, -0.2) is 46.0 Å². The topological polar surface area (TPSA) is 110 Å². The summed E-state index contributed by atoms with van der Waals surface area (Å²) in [6.45, 7) is 3.31. The highest BCUT2D eigenvalue weighted by atomic mass is 16.6. The van der Waals surface area contributed by atoms with Crippen LogP contribution in [0, 0.1) is 17.0 Å². The molecule has 8 heteroatoms. The first-order valence-corrected chi connectivity index (χ1v) is 7.10. The Morgan fingerprint density at radius 3 is 2.61 bits per heavy atom. The number of rotatable bonds is 4. The molecule has 8 nitrogen and oxygen atoms in total. The molecule has 0 saturated carbocycles. The zero-order valence-electron chi connectivity index (χ0n) is 13.2. The zero-order chi connectivity index (χ0) is 17.4. The van der Waals surface area contributed by atoms with E-state index < -0.39 is 22.3 Å². The SMILES string of the molecule is COc1cc(C(=O)N2CCCC2(C)C(=O)O)cc([N+](=O)[O-])c1C. The number of carboxylic acid groups (broad SMARTS) is 1. The minimum absolute atomic E-state index is 0.0496. The predicted molar refractivity (Wildman–Crippen MR) is 80.7 cm³/mol. The third-order valence-corrected chi connectivity index (χ3v) is 4.34. The first-order chi connectivity index (χ1) is 10.7. The van der Waals surface area contributed by atoms with Crippen LogP contribution in [-0.2, 0) is 4.79 Å².